The Balaban J connectivity index is 1.61. The van der Waals surface area contributed by atoms with Crippen molar-refractivity contribution in [1.82, 2.24) is 9.80 Å². The smallest absolute Gasteiger partial charge is 0.321 e. The second kappa shape index (κ2) is 18.1. The normalized spacial score (nSPS) is 19.5. The standard InChI is InChI=1S/C37H50N4O9S/c1-25-22-41(26(2)24-42)36(43)33-21-29(39-51(45,46)32-17-15-31(48-6)16-18-32)12-19-34(33)50-27(3)9-7-8-20-49-35(25)23-40(4)37(44)38-28-10-13-30(47-5)14-11-28/h10-19,21,25-27,35,39,42H,7-9,20,22-24H2,1-6H3,(H,38,44)/t25-,26+,27+,35-/m1/s1. The summed E-state index contributed by atoms with van der Waals surface area (Å²) in [6.45, 7) is 6.14. The Hall–Kier alpha value is -4.53. The van der Waals surface area contributed by atoms with Gasteiger partial charge in [-0.25, -0.2) is 13.2 Å². The molecule has 3 amide bonds. The molecule has 0 saturated heterocycles. The van der Waals surface area contributed by atoms with Crippen LogP contribution in [0.5, 0.6) is 17.2 Å². The number of urea groups is 1. The summed E-state index contributed by atoms with van der Waals surface area (Å²) in [7, 11) is 0.746. The van der Waals surface area contributed by atoms with Crippen LogP contribution in [0.2, 0.25) is 0 Å². The van der Waals surface area contributed by atoms with Gasteiger partial charge in [-0.3, -0.25) is 9.52 Å². The molecule has 51 heavy (non-hydrogen) atoms. The first-order valence-electron chi connectivity index (χ1n) is 17.0. The number of benzene rings is 3. The second-order valence-electron chi connectivity index (χ2n) is 12.8. The summed E-state index contributed by atoms with van der Waals surface area (Å²) < 4.78 is 52.1. The van der Waals surface area contributed by atoms with Crippen molar-refractivity contribution in [2.45, 2.75) is 63.2 Å². The lowest BCUT2D eigenvalue weighted by molar-refractivity contribution is -0.0115. The number of hydrogen-bond donors (Lipinski definition) is 3. The van der Waals surface area contributed by atoms with E-state index in [1.54, 1.807) is 79.4 Å². The molecule has 0 spiro atoms. The number of carbonyl (C=O) groups is 2. The summed E-state index contributed by atoms with van der Waals surface area (Å²) in [6, 6.07) is 16.7. The molecule has 0 unspecified atom stereocenters. The lowest BCUT2D eigenvalue weighted by atomic mass is 10.0. The van der Waals surface area contributed by atoms with Crippen LogP contribution in [-0.4, -0.2) is 101 Å². The van der Waals surface area contributed by atoms with E-state index >= 15 is 0 Å². The molecule has 3 aromatic rings. The number of anilines is 2. The van der Waals surface area contributed by atoms with Crippen molar-refractivity contribution >= 4 is 33.3 Å². The largest absolute Gasteiger partial charge is 0.497 e. The van der Waals surface area contributed by atoms with Gasteiger partial charge in [-0.15, -0.1) is 0 Å². The van der Waals surface area contributed by atoms with Gasteiger partial charge in [0.25, 0.3) is 15.9 Å². The van der Waals surface area contributed by atoms with Gasteiger partial charge in [-0.1, -0.05) is 6.92 Å². The maximum atomic E-state index is 14.4. The van der Waals surface area contributed by atoms with Gasteiger partial charge >= 0.3 is 6.03 Å². The quantitative estimate of drug-likeness (QED) is 0.247. The van der Waals surface area contributed by atoms with Crippen LogP contribution in [0.3, 0.4) is 0 Å². The highest BCUT2D eigenvalue weighted by Crippen LogP contribution is 2.30. The molecular formula is C37H50N4O9S. The van der Waals surface area contributed by atoms with Crippen LogP contribution in [0.15, 0.2) is 71.6 Å². The van der Waals surface area contributed by atoms with Gasteiger partial charge in [0, 0.05) is 44.0 Å². The van der Waals surface area contributed by atoms with Crippen LogP contribution in [0, 0.1) is 5.92 Å². The fourth-order valence-electron chi connectivity index (χ4n) is 5.66. The van der Waals surface area contributed by atoms with E-state index in [2.05, 4.69) is 10.0 Å². The number of amides is 3. The summed E-state index contributed by atoms with van der Waals surface area (Å²) in [5.74, 6) is 0.775. The molecule has 3 N–H and O–H groups in total. The fourth-order valence-corrected chi connectivity index (χ4v) is 6.71. The number of aliphatic hydroxyl groups excluding tert-OH is 1. The summed E-state index contributed by atoms with van der Waals surface area (Å²) in [5, 5.41) is 13.1. The molecule has 1 heterocycles. The lowest BCUT2D eigenvalue weighted by Crippen LogP contribution is -2.48. The van der Waals surface area contributed by atoms with E-state index < -0.39 is 28.1 Å². The topological polar surface area (TPSA) is 156 Å². The van der Waals surface area contributed by atoms with Gasteiger partial charge in [0.15, 0.2) is 0 Å². The van der Waals surface area contributed by atoms with Crippen molar-refractivity contribution in [3.05, 3.63) is 72.3 Å². The average Bonchev–Trinajstić information content (AvgIpc) is 3.12. The van der Waals surface area contributed by atoms with E-state index in [1.807, 2.05) is 13.8 Å². The number of likely N-dealkylation sites (N-methyl/N-ethyl adjacent to an activating group) is 1. The minimum absolute atomic E-state index is 0.0256. The number of rotatable bonds is 10. The Labute approximate surface area is 300 Å². The highest BCUT2D eigenvalue weighted by Gasteiger charge is 2.31. The summed E-state index contributed by atoms with van der Waals surface area (Å²) >= 11 is 0. The van der Waals surface area contributed by atoms with Crippen LogP contribution < -0.4 is 24.2 Å². The molecule has 4 rings (SSSR count). The SMILES string of the molecule is COc1ccc(NC(=O)N(C)C[C@H]2OCCCC[C@H](C)Oc3ccc(NS(=O)(=O)c4ccc(OC)cc4)cc3C(=O)N([C@@H](C)CO)C[C@H]2C)cc1. The number of carbonyl (C=O) groups excluding carboxylic acids is 2. The van der Waals surface area contributed by atoms with E-state index in [-0.39, 0.29) is 53.9 Å². The van der Waals surface area contributed by atoms with Crippen molar-refractivity contribution in [3.8, 4) is 17.2 Å². The molecule has 1 aliphatic heterocycles. The first kappa shape index (κ1) is 39.3. The lowest BCUT2D eigenvalue weighted by Gasteiger charge is -2.35. The Morgan fingerprint density at radius 1 is 1.00 bits per heavy atom. The Kier molecular flexibility index (Phi) is 13.9. The zero-order chi connectivity index (χ0) is 37.1. The Bertz CT molecular complexity index is 1700. The van der Waals surface area contributed by atoms with Gasteiger partial charge in [-0.2, -0.15) is 0 Å². The van der Waals surface area contributed by atoms with Crippen molar-refractivity contribution < 1.29 is 42.1 Å². The highest BCUT2D eigenvalue weighted by atomic mass is 32.2. The number of nitrogens with zero attached hydrogens (tertiary/aromatic N) is 2. The van der Waals surface area contributed by atoms with E-state index in [4.69, 9.17) is 18.9 Å². The zero-order valence-corrected chi connectivity index (χ0v) is 30.9. The third-order valence-corrected chi connectivity index (χ3v) is 10.2. The molecule has 0 saturated carbocycles. The first-order valence-corrected chi connectivity index (χ1v) is 18.5. The fraction of sp³-hybridized carbons (Fsp3) is 0.459. The Morgan fingerprint density at radius 3 is 2.25 bits per heavy atom. The van der Waals surface area contributed by atoms with Gasteiger partial charge in [0.2, 0.25) is 0 Å². The molecule has 0 bridgehead atoms. The van der Waals surface area contributed by atoms with Gasteiger partial charge < -0.3 is 39.2 Å². The minimum Gasteiger partial charge on any atom is -0.497 e. The van der Waals surface area contributed by atoms with Gasteiger partial charge in [-0.05, 0) is 99.8 Å². The van der Waals surface area contributed by atoms with Crippen LogP contribution in [-0.2, 0) is 14.8 Å². The maximum Gasteiger partial charge on any atom is 0.321 e. The van der Waals surface area contributed by atoms with Gasteiger partial charge in [0.1, 0.15) is 17.2 Å². The van der Waals surface area contributed by atoms with Crippen LogP contribution in [0.4, 0.5) is 16.2 Å². The number of methoxy groups -OCH3 is 2. The van der Waals surface area contributed by atoms with E-state index in [0.717, 1.165) is 12.8 Å². The predicted molar refractivity (Wildman–Crippen MR) is 195 cm³/mol. The monoisotopic (exact) mass is 726 g/mol. The molecule has 0 radical (unpaired) electrons. The molecule has 0 aromatic heterocycles. The number of sulfonamides is 1. The van der Waals surface area contributed by atoms with E-state index in [9.17, 15) is 23.1 Å². The summed E-state index contributed by atoms with van der Waals surface area (Å²) in [4.78, 5) is 30.7. The third-order valence-electron chi connectivity index (χ3n) is 8.82. The molecule has 3 aromatic carbocycles. The number of nitrogens with one attached hydrogen (secondary N) is 2. The summed E-state index contributed by atoms with van der Waals surface area (Å²) in [6.07, 6.45) is 1.54. The van der Waals surface area contributed by atoms with E-state index in [1.165, 1.54) is 25.3 Å². The van der Waals surface area contributed by atoms with Gasteiger partial charge in [0.05, 0.1) is 49.5 Å². The predicted octanol–water partition coefficient (Wildman–Crippen LogP) is 5.46. The minimum atomic E-state index is -4.01. The van der Waals surface area contributed by atoms with Crippen molar-refractivity contribution in [3.63, 3.8) is 0 Å². The van der Waals surface area contributed by atoms with Crippen molar-refractivity contribution in [2.75, 3.05) is 57.6 Å². The number of aliphatic hydroxyl groups is 1. The molecule has 0 fully saturated rings. The third kappa shape index (κ3) is 10.7. The molecule has 278 valence electrons. The van der Waals surface area contributed by atoms with Crippen molar-refractivity contribution in [2.24, 2.45) is 5.92 Å². The van der Waals surface area contributed by atoms with Crippen LogP contribution >= 0.6 is 0 Å². The maximum absolute atomic E-state index is 14.4. The molecule has 1 aliphatic rings. The number of fused-ring (bicyclic) bond motifs is 1. The van der Waals surface area contributed by atoms with E-state index in [0.29, 0.717) is 36.0 Å². The number of hydrogen-bond acceptors (Lipinski definition) is 9. The zero-order valence-electron chi connectivity index (χ0n) is 30.1. The second-order valence-corrected chi connectivity index (χ2v) is 14.5. The number of ether oxygens (including phenoxy) is 4. The van der Waals surface area contributed by atoms with Crippen molar-refractivity contribution in [1.29, 1.82) is 0 Å². The molecular weight excluding hydrogens is 676 g/mol. The highest BCUT2D eigenvalue weighted by molar-refractivity contribution is 7.92. The van der Waals surface area contributed by atoms with Crippen LogP contribution in [0.25, 0.3) is 0 Å². The Morgan fingerprint density at radius 2 is 1.63 bits per heavy atom. The first-order chi connectivity index (χ1) is 24.3. The average molecular weight is 727 g/mol. The molecule has 4 atom stereocenters. The van der Waals surface area contributed by atoms with Crippen LogP contribution in [0.1, 0.15) is 50.4 Å². The molecule has 13 nitrogen and oxygen atoms in total. The molecule has 14 heteroatoms. The molecule has 0 aliphatic carbocycles. The summed E-state index contributed by atoms with van der Waals surface area (Å²) in [5.41, 5.74) is 0.933.